The summed E-state index contributed by atoms with van der Waals surface area (Å²) in [5.74, 6) is -0.965. The fraction of sp³-hybridized carbons (Fsp3) is 0.250. The van der Waals surface area contributed by atoms with Gasteiger partial charge in [0.05, 0.1) is 5.57 Å². The zero-order chi connectivity index (χ0) is 10.9. The second-order valence-corrected chi connectivity index (χ2v) is 3.52. The van der Waals surface area contributed by atoms with Crippen LogP contribution in [0.1, 0.15) is 22.3 Å². The molecule has 0 unspecified atom stereocenters. The molecule has 0 heterocycles. The summed E-state index contributed by atoms with van der Waals surface area (Å²) in [6.07, 6.45) is 0. The molecule has 0 bridgehead atoms. The maximum atomic E-state index is 10.7. The summed E-state index contributed by atoms with van der Waals surface area (Å²) in [6, 6.07) is 3.72. The molecule has 0 fully saturated rings. The van der Waals surface area contributed by atoms with Crippen molar-refractivity contribution >= 4 is 11.5 Å². The van der Waals surface area contributed by atoms with Crippen LogP contribution < -0.4 is 0 Å². The van der Waals surface area contributed by atoms with Crippen molar-refractivity contribution in [2.24, 2.45) is 0 Å². The first kappa shape index (κ1) is 10.5. The van der Waals surface area contributed by atoms with Crippen LogP contribution in [0.4, 0.5) is 0 Å². The predicted octanol–water partition coefficient (Wildman–Crippen LogP) is 2.71. The molecule has 0 aliphatic carbocycles. The van der Waals surface area contributed by atoms with Gasteiger partial charge in [0.15, 0.2) is 0 Å². The van der Waals surface area contributed by atoms with Crippen molar-refractivity contribution < 1.29 is 9.90 Å². The van der Waals surface area contributed by atoms with E-state index < -0.39 is 5.97 Å². The molecule has 0 saturated carbocycles. The fourth-order valence-corrected chi connectivity index (χ4v) is 1.33. The minimum absolute atomic E-state index is 0.149. The molecule has 1 aromatic rings. The predicted molar refractivity (Wildman–Crippen MR) is 57.3 cm³/mol. The summed E-state index contributed by atoms with van der Waals surface area (Å²) in [6.45, 7) is 9.51. The lowest BCUT2D eigenvalue weighted by Crippen LogP contribution is -1.99. The van der Waals surface area contributed by atoms with Crippen LogP contribution in [0.5, 0.6) is 0 Å². The maximum Gasteiger partial charge on any atom is 0.335 e. The van der Waals surface area contributed by atoms with Crippen molar-refractivity contribution in [2.75, 3.05) is 0 Å². The summed E-state index contributed by atoms with van der Waals surface area (Å²) in [7, 11) is 0. The Morgan fingerprint density at radius 3 is 2.00 bits per heavy atom. The average Bonchev–Trinajstić information content (AvgIpc) is 2.12. The van der Waals surface area contributed by atoms with Crippen LogP contribution in [0.3, 0.4) is 0 Å². The molecule has 0 aliphatic rings. The van der Waals surface area contributed by atoms with Crippen LogP contribution in [-0.2, 0) is 4.79 Å². The van der Waals surface area contributed by atoms with E-state index in [0.29, 0.717) is 5.56 Å². The van der Waals surface area contributed by atoms with Crippen LogP contribution in [0, 0.1) is 20.8 Å². The summed E-state index contributed by atoms with van der Waals surface area (Å²) >= 11 is 0. The van der Waals surface area contributed by atoms with Crippen molar-refractivity contribution in [1.82, 2.24) is 0 Å². The van der Waals surface area contributed by atoms with E-state index in [-0.39, 0.29) is 5.57 Å². The zero-order valence-corrected chi connectivity index (χ0v) is 8.72. The van der Waals surface area contributed by atoms with Crippen LogP contribution in [0.15, 0.2) is 18.7 Å². The molecule has 0 atom stereocenters. The van der Waals surface area contributed by atoms with Gasteiger partial charge < -0.3 is 5.11 Å². The Morgan fingerprint density at radius 1 is 1.21 bits per heavy atom. The van der Waals surface area contributed by atoms with E-state index in [1.165, 1.54) is 5.56 Å². The molecule has 74 valence electrons. The first-order valence-electron chi connectivity index (χ1n) is 4.44. The highest BCUT2D eigenvalue weighted by Gasteiger charge is 2.09. The number of hydrogen-bond donors (Lipinski definition) is 1. The third-order valence-electron chi connectivity index (χ3n) is 2.53. The van der Waals surface area contributed by atoms with Gasteiger partial charge in [0, 0.05) is 0 Å². The van der Waals surface area contributed by atoms with E-state index in [4.69, 9.17) is 5.11 Å². The van der Waals surface area contributed by atoms with Crippen LogP contribution in [0.25, 0.3) is 5.57 Å². The highest BCUT2D eigenvalue weighted by molar-refractivity contribution is 6.14. The van der Waals surface area contributed by atoms with Gasteiger partial charge in [0.2, 0.25) is 0 Å². The Kier molecular flexibility index (Phi) is 2.75. The molecule has 1 rings (SSSR count). The van der Waals surface area contributed by atoms with Crippen molar-refractivity contribution in [3.05, 3.63) is 41.0 Å². The van der Waals surface area contributed by atoms with E-state index in [1.54, 1.807) is 0 Å². The van der Waals surface area contributed by atoms with Gasteiger partial charge in [0.1, 0.15) is 0 Å². The van der Waals surface area contributed by atoms with Crippen molar-refractivity contribution in [3.63, 3.8) is 0 Å². The van der Waals surface area contributed by atoms with E-state index in [0.717, 1.165) is 11.1 Å². The van der Waals surface area contributed by atoms with Gasteiger partial charge in [-0.05, 0) is 43.0 Å². The lowest BCUT2D eigenvalue weighted by atomic mass is 9.97. The molecule has 2 heteroatoms. The molecule has 0 radical (unpaired) electrons. The molecule has 0 spiro atoms. The van der Waals surface area contributed by atoms with Crippen LogP contribution >= 0.6 is 0 Å². The lowest BCUT2D eigenvalue weighted by Gasteiger charge is -2.08. The number of hydrogen-bond acceptors (Lipinski definition) is 1. The van der Waals surface area contributed by atoms with Gasteiger partial charge in [0.25, 0.3) is 0 Å². The number of aryl methyl sites for hydroxylation is 2. The van der Waals surface area contributed by atoms with Gasteiger partial charge in [-0.25, -0.2) is 4.79 Å². The maximum absolute atomic E-state index is 10.7. The molecule has 0 amide bonds. The largest absolute Gasteiger partial charge is 0.478 e. The normalized spacial score (nSPS) is 9.93. The molecular weight excluding hydrogens is 176 g/mol. The first-order valence-corrected chi connectivity index (χ1v) is 4.44. The van der Waals surface area contributed by atoms with Gasteiger partial charge in [-0.2, -0.15) is 0 Å². The fourth-order valence-electron chi connectivity index (χ4n) is 1.33. The first-order chi connectivity index (χ1) is 6.43. The number of carboxylic acid groups (broad SMARTS) is 1. The Balaban J connectivity index is 3.26. The number of carboxylic acids is 1. The standard InChI is InChI=1S/C12H14O2/c1-7-5-11(10(4)12(13)14)6-8(2)9(7)3/h5-6H,4H2,1-3H3,(H,13,14). The van der Waals surface area contributed by atoms with Crippen molar-refractivity contribution in [3.8, 4) is 0 Å². The third kappa shape index (κ3) is 1.84. The number of rotatable bonds is 2. The van der Waals surface area contributed by atoms with Crippen molar-refractivity contribution in [2.45, 2.75) is 20.8 Å². The highest BCUT2D eigenvalue weighted by atomic mass is 16.4. The topological polar surface area (TPSA) is 37.3 Å². The van der Waals surface area contributed by atoms with E-state index in [9.17, 15) is 4.79 Å². The van der Waals surface area contributed by atoms with Crippen LogP contribution in [-0.4, -0.2) is 11.1 Å². The minimum atomic E-state index is -0.965. The number of aliphatic carboxylic acids is 1. The summed E-state index contributed by atoms with van der Waals surface area (Å²) in [4.78, 5) is 10.7. The highest BCUT2D eigenvalue weighted by Crippen LogP contribution is 2.20. The molecule has 1 aromatic carbocycles. The van der Waals surface area contributed by atoms with Gasteiger partial charge in [-0.3, -0.25) is 0 Å². The van der Waals surface area contributed by atoms with E-state index in [2.05, 4.69) is 6.58 Å². The quantitative estimate of drug-likeness (QED) is 0.728. The summed E-state index contributed by atoms with van der Waals surface area (Å²) < 4.78 is 0. The Morgan fingerprint density at radius 2 is 1.64 bits per heavy atom. The average molecular weight is 190 g/mol. The molecule has 14 heavy (non-hydrogen) atoms. The van der Waals surface area contributed by atoms with Crippen molar-refractivity contribution in [1.29, 1.82) is 0 Å². The van der Waals surface area contributed by atoms with Crippen LogP contribution in [0.2, 0.25) is 0 Å². The summed E-state index contributed by atoms with van der Waals surface area (Å²) in [5.41, 5.74) is 4.24. The third-order valence-corrected chi connectivity index (χ3v) is 2.53. The van der Waals surface area contributed by atoms with E-state index >= 15 is 0 Å². The zero-order valence-electron chi connectivity index (χ0n) is 8.72. The Labute approximate surface area is 83.9 Å². The summed E-state index contributed by atoms with van der Waals surface area (Å²) in [5, 5.41) is 8.79. The number of benzene rings is 1. The minimum Gasteiger partial charge on any atom is -0.478 e. The molecule has 0 aromatic heterocycles. The molecule has 2 nitrogen and oxygen atoms in total. The second kappa shape index (κ2) is 3.66. The number of carbonyl (C=O) groups is 1. The Bertz CT molecular complexity index is 380. The monoisotopic (exact) mass is 190 g/mol. The molecule has 1 N–H and O–H groups in total. The van der Waals surface area contributed by atoms with Gasteiger partial charge in [-0.1, -0.05) is 18.7 Å². The second-order valence-electron chi connectivity index (χ2n) is 3.52. The lowest BCUT2D eigenvalue weighted by molar-refractivity contribution is -0.130. The molecular formula is C12H14O2. The van der Waals surface area contributed by atoms with E-state index in [1.807, 2.05) is 32.9 Å². The SMILES string of the molecule is C=C(C(=O)O)c1cc(C)c(C)c(C)c1. The Hall–Kier alpha value is -1.57. The molecule has 0 aliphatic heterocycles. The molecule has 0 saturated heterocycles. The van der Waals surface area contributed by atoms with Gasteiger partial charge >= 0.3 is 5.97 Å². The van der Waals surface area contributed by atoms with Gasteiger partial charge in [-0.15, -0.1) is 0 Å². The smallest absolute Gasteiger partial charge is 0.335 e.